The maximum Gasteiger partial charge on any atom is 0.358 e. The summed E-state index contributed by atoms with van der Waals surface area (Å²) in [5.74, 6) is -0.352. The van der Waals surface area contributed by atoms with E-state index in [2.05, 4.69) is 28.9 Å². The van der Waals surface area contributed by atoms with Crippen LogP contribution in [0.1, 0.15) is 17.4 Å². The summed E-state index contributed by atoms with van der Waals surface area (Å²) in [6.45, 7) is 6.21. The highest BCUT2D eigenvalue weighted by atomic mass is 16.5. The summed E-state index contributed by atoms with van der Waals surface area (Å²) >= 11 is 0. The van der Waals surface area contributed by atoms with Crippen LogP contribution in [0, 0.1) is 0 Å². The van der Waals surface area contributed by atoms with Crippen LogP contribution in [-0.4, -0.2) is 71.7 Å². The van der Waals surface area contributed by atoms with Gasteiger partial charge in [-0.2, -0.15) is 0 Å². The number of carbonyl (C=O) groups excluding carboxylic acids is 1. The summed E-state index contributed by atoms with van der Waals surface area (Å²) in [6.07, 6.45) is 3.47. The van der Waals surface area contributed by atoms with E-state index >= 15 is 0 Å². The number of piperazine rings is 1. The summed E-state index contributed by atoms with van der Waals surface area (Å²) in [7, 11) is 4.28. The molecule has 2 heterocycles. The van der Waals surface area contributed by atoms with E-state index in [0.717, 1.165) is 26.2 Å². The Balaban J connectivity index is 1.97. The standard InChI is InChI=1S/C13H22N4O2/c1-4-19-13(18)12-9-17(10-14-12)8-11-7-15(2)5-6-16(11)3/h9-11H,4-8H2,1-3H3. The Kier molecular flexibility index (Phi) is 4.55. The molecule has 1 atom stereocenters. The van der Waals surface area contributed by atoms with Crippen molar-refractivity contribution in [1.29, 1.82) is 0 Å². The van der Waals surface area contributed by atoms with Crippen molar-refractivity contribution < 1.29 is 9.53 Å². The molecule has 1 fully saturated rings. The van der Waals surface area contributed by atoms with Crippen LogP contribution in [0.25, 0.3) is 0 Å². The molecule has 6 heteroatoms. The Morgan fingerprint density at radius 2 is 2.26 bits per heavy atom. The number of rotatable bonds is 4. The van der Waals surface area contributed by atoms with E-state index in [1.165, 1.54) is 0 Å². The van der Waals surface area contributed by atoms with Crippen molar-refractivity contribution in [2.75, 3.05) is 40.3 Å². The maximum absolute atomic E-state index is 11.5. The van der Waals surface area contributed by atoms with Gasteiger partial charge in [-0.25, -0.2) is 9.78 Å². The van der Waals surface area contributed by atoms with Gasteiger partial charge in [0, 0.05) is 38.4 Å². The zero-order valence-electron chi connectivity index (χ0n) is 11.9. The lowest BCUT2D eigenvalue weighted by molar-refractivity contribution is 0.0519. The van der Waals surface area contributed by atoms with E-state index in [1.54, 1.807) is 19.4 Å². The van der Waals surface area contributed by atoms with Gasteiger partial charge in [0.15, 0.2) is 5.69 Å². The Morgan fingerprint density at radius 3 is 3.00 bits per heavy atom. The number of hydrogen-bond donors (Lipinski definition) is 0. The first kappa shape index (κ1) is 14.0. The average molecular weight is 266 g/mol. The van der Waals surface area contributed by atoms with Crippen molar-refractivity contribution in [2.24, 2.45) is 0 Å². The molecule has 1 saturated heterocycles. The molecule has 106 valence electrons. The van der Waals surface area contributed by atoms with Crippen molar-refractivity contribution in [3.8, 4) is 0 Å². The van der Waals surface area contributed by atoms with E-state index in [-0.39, 0.29) is 5.97 Å². The quantitative estimate of drug-likeness (QED) is 0.734. The van der Waals surface area contributed by atoms with Gasteiger partial charge in [0.05, 0.1) is 12.9 Å². The normalized spacial score (nSPS) is 21.5. The summed E-state index contributed by atoms with van der Waals surface area (Å²) in [5.41, 5.74) is 0.383. The molecule has 0 bridgehead atoms. The molecule has 6 nitrogen and oxygen atoms in total. The number of esters is 1. The third kappa shape index (κ3) is 3.54. The number of ether oxygens (including phenoxy) is 1. The van der Waals surface area contributed by atoms with E-state index < -0.39 is 0 Å². The van der Waals surface area contributed by atoms with Crippen molar-refractivity contribution in [3.63, 3.8) is 0 Å². The zero-order valence-corrected chi connectivity index (χ0v) is 11.9. The fraction of sp³-hybridized carbons (Fsp3) is 0.692. The lowest BCUT2D eigenvalue weighted by Gasteiger charge is -2.37. The van der Waals surface area contributed by atoms with Gasteiger partial charge in [-0.15, -0.1) is 0 Å². The van der Waals surface area contributed by atoms with Crippen LogP contribution in [0.3, 0.4) is 0 Å². The Morgan fingerprint density at radius 1 is 1.47 bits per heavy atom. The largest absolute Gasteiger partial charge is 0.461 e. The summed E-state index contributed by atoms with van der Waals surface area (Å²) in [4.78, 5) is 20.3. The molecular weight excluding hydrogens is 244 g/mol. The fourth-order valence-electron chi connectivity index (χ4n) is 2.31. The molecule has 1 aliphatic heterocycles. The Hall–Kier alpha value is -1.40. The first-order chi connectivity index (χ1) is 9.10. The highest BCUT2D eigenvalue weighted by molar-refractivity contribution is 5.86. The monoisotopic (exact) mass is 266 g/mol. The minimum absolute atomic E-state index is 0.352. The number of aromatic nitrogens is 2. The van der Waals surface area contributed by atoms with E-state index in [0.29, 0.717) is 18.3 Å². The topological polar surface area (TPSA) is 50.6 Å². The van der Waals surface area contributed by atoms with Crippen molar-refractivity contribution in [2.45, 2.75) is 19.5 Å². The number of nitrogens with zero attached hydrogens (tertiary/aromatic N) is 4. The second kappa shape index (κ2) is 6.16. The second-order valence-electron chi connectivity index (χ2n) is 5.07. The molecule has 1 aromatic rings. The number of hydrogen-bond acceptors (Lipinski definition) is 5. The second-order valence-corrected chi connectivity index (χ2v) is 5.07. The van der Waals surface area contributed by atoms with Gasteiger partial charge < -0.3 is 14.2 Å². The maximum atomic E-state index is 11.5. The molecule has 0 spiro atoms. The van der Waals surface area contributed by atoms with E-state index in [4.69, 9.17) is 4.74 Å². The molecule has 19 heavy (non-hydrogen) atoms. The van der Waals surface area contributed by atoms with Crippen LogP contribution in [0.4, 0.5) is 0 Å². The third-order valence-electron chi connectivity index (χ3n) is 3.52. The van der Waals surface area contributed by atoms with Crippen LogP contribution < -0.4 is 0 Å². The van der Waals surface area contributed by atoms with Crippen molar-refractivity contribution in [3.05, 3.63) is 18.2 Å². The van der Waals surface area contributed by atoms with Gasteiger partial charge in [-0.1, -0.05) is 0 Å². The van der Waals surface area contributed by atoms with Crippen molar-refractivity contribution >= 4 is 5.97 Å². The summed E-state index contributed by atoms with van der Waals surface area (Å²) < 4.78 is 6.90. The Bertz CT molecular complexity index is 432. The van der Waals surface area contributed by atoms with Crippen LogP contribution in [0.15, 0.2) is 12.5 Å². The lowest BCUT2D eigenvalue weighted by atomic mass is 10.2. The lowest BCUT2D eigenvalue weighted by Crippen LogP contribution is -2.51. The molecule has 1 aromatic heterocycles. The Labute approximate surface area is 114 Å². The molecule has 1 unspecified atom stereocenters. The molecular formula is C13H22N4O2. The smallest absolute Gasteiger partial charge is 0.358 e. The molecule has 0 aromatic carbocycles. The predicted octanol–water partition coefficient (Wildman–Crippen LogP) is 0.306. The average Bonchev–Trinajstić information content (AvgIpc) is 2.83. The SMILES string of the molecule is CCOC(=O)c1cn(CC2CN(C)CCN2C)cn1. The van der Waals surface area contributed by atoms with Gasteiger partial charge in [-0.3, -0.25) is 4.90 Å². The molecule has 1 aliphatic rings. The zero-order chi connectivity index (χ0) is 13.8. The predicted molar refractivity (Wildman–Crippen MR) is 72.1 cm³/mol. The number of likely N-dealkylation sites (N-methyl/N-ethyl adjacent to an activating group) is 2. The van der Waals surface area contributed by atoms with Crippen molar-refractivity contribution in [1.82, 2.24) is 19.4 Å². The van der Waals surface area contributed by atoms with Gasteiger partial charge in [0.25, 0.3) is 0 Å². The molecule has 0 saturated carbocycles. The van der Waals surface area contributed by atoms with Gasteiger partial charge in [0.2, 0.25) is 0 Å². The molecule has 0 N–H and O–H groups in total. The first-order valence-electron chi connectivity index (χ1n) is 6.67. The van der Waals surface area contributed by atoms with Gasteiger partial charge in [-0.05, 0) is 21.0 Å². The highest BCUT2D eigenvalue weighted by Gasteiger charge is 2.22. The minimum Gasteiger partial charge on any atom is -0.461 e. The van der Waals surface area contributed by atoms with Crippen LogP contribution in [-0.2, 0) is 11.3 Å². The fourth-order valence-corrected chi connectivity index (χ4v) is 2.31. The first-order valence-corrected chi connectivity index (χ1v) is 6.67. The third-order valence-corrected chi connectivity index (χ3v) is 3.52. The van der Waals surface area contributed by atoms with Gasteiger partial charge >= 0.3 is 5.97 Å². The van der Waals surface area contributed by atoms with E-state index in [1.807, 2.05) is 4.57 Å². The molecule has 0 aliphatic carbocycles. The van der Waals surface area contributed by atoms with Crippen LogP contribution in [0.2, 0.25) is 0 Å². The van der Waals surface area contributed by atoms with Crippen LogP contribution >= 0.6 is 0 Å². The highest BCUT2D eigenvalue weighted by Crippen LogP contribution is 2.09. The minimum atomic E-state index is -0.352. The number of carbonyl (C=O) groups is 1. The molecule has 0 amide bonds. The van der Waals surface area contributed by atoms with Gasteiger partial charge in [0.1, 0.15) is 0 Å². The summed E-state index contributed by atoms with van der Waals surface area (Å²) in [6, 6.07) is 0.447. The molecule has 2 rings (SSSR count). The van der Waals surface area contributed by atoms with Crippen LogP contribution in [0.5, 0.6) is 0 Å². The molecule has 0 radical (unpaired) electrons. The number of imidazole rings is 1. The van der Waals surface area contributed by atoms with E-state index in [9.17, 15) is 4.79 Å². The summed E-state index contributed by atoms with van der Waals surface area (Å²) in [5, 5.41) is 0.